The first-order chi connectivity index (χ1) is 8.31. The van der Waals surface area contributed by atoms with Gasteiger partial charge < -0.3 is 4.74 Å². The zero-order valence-electron chi connectivity index (χ0n) is 10.1. The second-order valence-corrected chi connectivity index (χ2v) is 4.83. The summed E-state index contributed by atoms with van der Waals surface area (Å²) >= 11 is 0. The van der Waals surface area contributed by atoms with Gasteiger partial charge in [-0.2, -0.15) is 0 Å². The van der Waals surface area contributed by atoms with Crippen molar-refractivity contribution in [1.82, 2.24) is 4.90 Å². The topological polar surface area (TPSA) is 29.3 Å². The molecular weight excluding hydrogens is 214 g/mol. The predicted octanol–water partition coefficient (Wildman–Crippen LogP) is 1.92. The summed E-state index contributed by atoms with van der Waals surface area (Å²) in [4.78, 5) is 14.5. The predicted molar refractivity (Wildman–Crippen MR) is 64.5 cm³/mol. The molecule has 0 aliphatic carbocycles. The molecule has 0 N–H and O–H groups in total. The van der Waals surface area contributed by atoms with Crippen LogP contribution in [-0.4, -0.2) is 30.6 Å². The van der Waals surface area contributed by atoms with Crippen LogP contribution < -0.4 is 0 Å². The standard InChI is InChI=1S/C14H17NO2/c1-17-13(16)14(11-7-3-2-4-8-11)12-9-5-6-10-15(12)14/h2-4,7-8,12H,5-6,9-10H2,1H3/t12-,14-,15?/m1/s1. The average molecular weight is 231 g/mol. The lowest BCUT2D eigenvalue weighted by molar-refractivity contribution is -0.145. The van der Waals surface area contributed by atoms with Crippen molar-refractivity contribution in [2.75, 3.05) is 13.7 Å². The van der Waals surface area contributed by atoms with Crippen LogP contribution in [0, 0.1) is 0 Å². The van der Waals surface area contributed by atoms with Gasteiger partial charge in [-0.3, -0.25) is 4.90 Å². The number of rotatable bonds is 2. The van der Waals surface area contributed by atoms with E-state index in [1.807, 2.05) is 30.3 Å². The van der Waals surface area contributed by atoms with Crippen LogP contribution >= 0.6 is 0 Å². The maximum atomic E-state index is 12.2. The minimum Gasteiger partial charge on any atom is -0.467 e. The summed E-state index contributed by atoms with van der Waals surface area (Å²) < 4.78 is 5.04. The Hall–Kier alpha value is -1.35. The van der Waals surface area contributed by atoms with E-state index in [1.165, 1.54) is 20.0 Å². The number of carbonyl (C=O) groups is 1. The Kier molecular flexibility index (Phi) is 2.44. The summed E-state index contributed by atoms with van der Waals surface area (Å²) in [6, 6.07) is 10.4. The van der Waals surface area contributed by atoms with Gasteiger partial charge in [-0.05, 0) is 18.4 Å². The Morgan fingerprint density at radius 2 is 2.12 bits per heavy atom. The third kappa shape index (κ3) is 1.35. The molecule has 1 unspecified atom stereocenters. The van der Waals surface area contributed by atoms with E-state index in [4.69, 9.17) is 4.74 Å². The average Bonchev–Trinajstić information content (AvgIpc) is 3.09. The molecule has 2 fully saturated rings. The minimum atomic E-state index is -0.480. The molecule has 0 aromatic heterocycles. The maximum Gasteiger partial charge on any atom is 0.332 e. The fraction of sp³-hybridized carbons (Fsp3) is 0.500. The highest BCUT2D eigenvalue weighted by atomic mass is 16.5. The lowest BCUT2D eigenvalue weighted by Gasteiger charge is -2.15. The van der Waals surface area contributed by atoms with E-state index < -0.39 is 5.54 Å². The molecule has 3 rings (SSSR count). The number of benzene rings is 1. The summed E-state index contributed by atoms with van der Waals surface area (Å²) in [6.07, 6.45) is 3.50. The molecule has 2 saturated heterocycles. The summed E-state index contributed by atoms with van der Waals surface area (Å²) in [5, 5.41) is 0. The normalized spacial score (nSPS) is 34.9. The number of hydrogen-bond donors (Lipinski definition) is 0. The molecule has 1 aromatic rings. The number of methoxy groups -OCH3 is 1. The maximum absolute atomic E-state index is 12.2. The molecule has 90 valence electrons. The molecule has 3 nitrogen and oxygen atoms in total. The second kappa shape index (κ2) is 3.84. The summed E-state index contributed by atoms with van der Waals surface area (Å²) in [7, 11) is 1.48. The van der Waals surface area contributed by atoms with E-state index in [0.717, 1.165) is 18.5 Å². The number of piperidine rings is 1. The van der Waals surface area contributed by atoms with Crippen molar-refractivity contribution in [1.29, 1.82) is 0 Å². The molecule has 3 heteroatoms. The number of nitrogens with zero attached hydrogens (tertiary/aromatic N) is 1. The molecule has 0 amide bonds. The molecule has 2 aliphatic heterocycles. The quantitative estimate of drug-likeness (QED) is 0.575. The smallest absolute Gasteiger partial charge is 0.332 e. The highest BCUT2D eigenvalue weighted by Crippen LogP contribution is 2.54. The van der Waals surface area contributed by atoms with Crippen LogP contribution in [0.4, 0.5) is 0 Å². The van der Waals surface area contributed by atoms with Crippen LogP contribution in [0.1, 0.15) is 24.8 Å². The van der Waals surface area contributed by atoms with Gasteiger partial charge in [0.15, 0.2) is 5.54 Å². The number of ether oxygens (including phenoxy) is 1. The molecule has 2 aliphatic rings. The van der Waals surface area contributed by atoms with Crippen LogP contribution in [0.15, 0.2) is 30.3 Å². The van der Waals surface area contributed by atoms with Crippen LogP contribution in [0.2, 0.25) is 0 Å². The number of fused-ring (bicyclic) bond motifs is 1. The van der Waals surface area contributed by atoms with Gasteiger partial charge in [-0.1, -0.05) is 36.8 Å². The van der Waals surface area contributed by atoms with Crippen molar-refractivity contribution in [2.24, 2.45) is 0 Å². The fourth-order valence-electron chi connectivity index (χ4n) is 3.30. The fourth-order valence-corrected chi connectivity index (χ4v) is 3.30. The highest BCUT2D eigenvalue weighted by molar-refractivity contribution is 5.87. The van der Waals surface area contributed by atoms with Crippen LogP contribution in [0.3, 0.4) is 0 Å². The molecule has 2 heterocycles. The number of hydrogen-bond acceptors (Lipinski definition) is 3. The van der Waals surface area contributed by atoms with Gasteiger partial charge in [-0.15, -0.1) is 0 Å². The first-order valence-electron chi connectivity index (χ1n) is 6.22. The van der Waals surface area contributed by atoms with E-state index in [0.29, 0.717) is 6.04 Å². The van der Waals surface area contributed by atoms with Gasteiger partial charge in [0, 0.05) is 12.6 Å². The van der Waals surface area contributed by atoms with Crippen molar-refractivity contribution >= 4 is 5.97 Å². The van der Waals surface area contributed by atoms with E-state index >= 15 is 0 Å². The third-order valence-corrected chi connectivity index (χ3v) is 4.08. The van der Waals surface area contributed by atoms with Gasteiger partial charge in [0.05, 0.1) is 7.11 Å². The van der Waals surface area contributed by atoms with E-state index in [-0.39, 0.29) is 5.97 Å². The Bertz CT molecular complexity index is 417. The SMILES string of the molecule is COC(=O)[C@@]1(c2ccccc2)[C@H]2CCCCN21. The monoisotopic (exact) mass is 231 g/mol. The van der Waals surface area contributed by atoms with Crippen molar-refractivity contribution in [3.63, 3.8) is 0 Å². The van der Waals surface area contributed by atoms with Gasteiger partial charge in [0.2, 0.25) is 0 Å². The van der Waals surface area contributed by atoms with E-state index in [2.05, 4.69) is 4.90 Å². The second-order valence-electron chi connectivity index (χ2n) is 4.83. The summed E-state index contributed by atoms with van der Waals surface area (Å²) in [5.41, 5.74) is 0.603. The summed E-state index contributed by atoms with van der Waals surface area (Å²) in [5.74, 6) is -0.101. The lowest BCUT2D eigenvalue weighted by Crippen LogP contribution is -2.29. The first-order valence-corrected chi connectivity index (χ1v) is 6.22. The molecule has 0 spiro atoms. The summed E-state index contributed by atoms with van der Waals surface area (Å²) in [6.45, 7) is 1.01. The first kappa shape index (κ1) is 10.8. The molecule has 0 saturated carbocycles. The van der Waals surface area contributed by atoms with Crippen LogP contribution in [0.5, 0.6) is 0 Å². The van der Waals surface area contributed by atoms with Gasteiger partial charge in [-0.25, -0.2) is 4.79 Å². The Morgan fingerprint density at radius 1 is 1.35 bits per heavy atom. The molecular formula is C14H17NO2. The van der Waals surface area contributed by atoms with Crippen molar-refractivity contribution in [3.8, 4) is 0 Å². The van der Waals surface area contributed by atoms with Gasteiger partial charge in [0.1, 0.15) is 0 Å². The Labute approximate surface area is 101 Å². The van der Waals surface area contributed by atoms with Crippen LogP contribution in [-0.2, 0) is 15.1 Å². The van der Waals surface area contributed by atoms with E-state index in [1.54, 1.807) is 0 Å². The molecule has 0 radical (unpaired) electrons. The Balaban J connectivity index is 2.02. The largest absolute Gasteiger partial charge is 0.467 e. The molecule has 0 bridgehead atoms. The van der Waals surface area contributed by atoms with Crippen molar-refractivity contribution < 1.29 is 9.53 Å². The van der Waals surface area contributed by atoms with Crippen molar-refractivity contribution in [3.05, 3.63) is 35.9 Å². The van der Waals surface area contributed by atoms with Crippen LogP contribution in [0.25, 0.3) is 0 Å². The zero-order chi connectivity index (χ0) is 11.9. The zero-order valence-corrected chi connectivity index (χ0v) is 10.1. The lowest BCUT2D eigenvalue weighted by atomic mass is 9.93. The highest BCUT2D eigenvalue weighted by Gasteiger charge is 2.69. The molecule has 3 atom stereocenters. The number of carbonyl (C=O) groups excluding carboxylic acids is 1. The van der Waals surface area contributed by atoms with Crippen molar-refractivity contribution in [2.45, 2.75) is 30.8 Å². The minimum absolute atomic E-state index is 0.101. The third-order valence-electron chi connectivity index (χ3n) is 4.08. The van der Waals surface area contributed by atoms with Gasteiger partial charge >= 0.3 is 5.97 Å². The molecule has 1 aromatic carbocycles. The molecule has 17 heavy (non-hydrogen) atoms. The number of esters is 1. The van der Waals surface area contributed by atoms with E-state index in [9.17, 15) is 4.79 Å². The Morgan fingerprint density at radius 3 is 2.71 bits per heavy atom. The van der Waals surface area contributed by atoms with Gasteiger partial charge in [0.25, 0.3) is 0 Å².